The minimum Gasteiger partial charge on any atom is -0.457 e. The van der Waals surface area contributed by atoms with E-state index in [2.05, 4.69) is 110 Å². The highest BCUT2D eigenvalue weighted by atomic mass is 16.5. The van der Waals surface area contributed by atoms with E-state index in [0.29, 0.717) is 5.82 Å². The van der Waals surface area contributed by atoms with Crippen LogP contribution in [-0.4, -0.2) is 9.97 Å². The smallest absolute Gasteiger partial charge is 0.160 e. The van der Waals surface area contributed by atoms with E-state index >= 15 is 0 Å². The summed E-state index contributed by atoms with van der Waals surface area (Å²) in [6, 6.07) is 48.9. The van der Waals surface area contributed by atoms with E-state index in [1.807, 2.05) is 61.5 Å². The van der Waals surface area contributed by atoms with Crippen molar-refractivity contribution in [3.63, 3.8) is 0 Å². The maximum Gasteiger partial charge on any atom is 0.160 e. The fourth-order valence-corrected chi connectivity index (χ4v) is 8.31. The monoisotopic (exact) mass is 668 g/mol. The molecule has 0 amide bonds. The summed E-state index contributed by atoms with van der Waals surface area (Å²) in [5.41, 5.74) is 12.7. The van der Waals surface area contributed by atoms with Crippen molar-refractivity contribution in [2.24, 2.45) is 0 Å². The Morgan fingerprint density at radius 1 is 0.635 bits per heavy atom. The second-order valence-electron chi connectivity index (χ2n) is 13.2. The van der Waals surface area contributed by atoms with E-state index in [0.717, 1.165) is 72.7 Å². The molecule has 4 heteroatoms. The van der Waals surface area contributed by atoms with Gasteiger partial charge in [0.1, 0.15) is 22.7 Å². The fourth-order valence-electron chi connectivity index (χ4n) is 8.31. The molecule has 0 saturated carbocycles. The summed E-state index contributed by atoms with van der Waals surface area (Å²) in [5, 5.41) is 2.23. The van der Waals surface area contributed by atoms with Gasteiger partial charge in [0.25, 0.3) is 0 Å². The van der Waals surface area contributed by atoms with E-state index in [9.17, 15) is 0 Å². The van der Waals surface area contributed by atoms with Crippen molar-refractivity contribution >= 4 is 27.5 Å². The summed E-state index contributed by atoms with van der Waals surface area (Å²) < 4.78 is 13.1. The maximum atomic E-state index is 6.64. The fraction of sp³-hybridized carbons (Fsp3) is 0.0417. The largest absolute Gasteiger partial charge is 0.457 e. The molecule has 0 unspecified atom stereocenters. The number of hydrogen-bond acceptors (Lipinski definition) is 4. The van der Waals surface area contributed by atoms with Gasteiger partial charge in [-0.05, 0) is 65.6 Å². The van der Waals surface area contributed by atoms with E-state index in [1.54, 1.807) is 6.08 Å². The van der Waals surface area contributed by atoms with Gasteiger partial charge in [-0.15, -0.1) is 0 Å². The number of allylic oxidation sites excluding steroid dienone is 5. The van der Waals surface area contributed by atoms with Crippen molar-refractivity contribution in [3.8, 4) is 45.1 Å². The molecule has 10 rings (SSSR count). The predicted octanol–water partition coefficient (Wildman–Crippen LogP) is 12.3. The van der Waals surface area contributed by atoms with Crippen LogP contribution in [0.15, 0.2) is 175 Å². The van der Waals surface area contributed by atoms with Gasteiger partial charge < -0.3 is 9.15 Å². The highest BCUT2D eigenvalue weighted by molar-refractivity contribution is 6.15. The third-order valence-corrected chi connectivity index (χ3v) is 10.5. The third kappa shape index (κ3) is 4.28. The summed E-state index contributed by atoms with van der Waals surface area (Å²) in [6.45, 7) is 5.89. The molecule has 2 aromatic heterocycles. The Balaban J connectivity index is 1.31. The van der Waals surface area contributed by atoms with Crippen molar-refractivity contribution in [2.75, 3.05) is 0 Å². The molecular weight excluding hydrogens is 637 g/mol. The molecule has 6 aromatic carbocycles. The van der Waals surface area contributed by atoms with Gasteiger partial charge in [-0.3, -0.25) is 0 Å². The molecular formula is C48H32N2O2. The molecule has 1 aliphatic heterocycles. The van der Waals surface area contributed by atoms with E-state index in [-0.39, 0.29) is 0 Å². The van der Waals surface area contributed by atoms with Crippen LogP contribution in [-0.2, 0) is 5.41 Å². The number of ether oxygens (including phenoxy) is 1. The van der Waals surface area contributed by atoms with E-state index < -0.39 is 5.41 Å². The quantitative estimate of drug-likeness (QED) is 0.171. The van der Waals surface area contributed by atoms with Crippen molar-refractivity contribution in [1.82, 2.24) is 9.97 Å². The molecule has 8 aromatic rings. The van der Waals surface area contributed by atoms with Gasteiger partial charge in [0.15, 0.2) is 5.82 Å². The van der Waals surface area contributed by atoms with Gasteiger partial charge >= 0.3 is 0 Å². The predicted molar refractivity (Wildman–Crippen MR) is 211 cm³/mol. The Labute approximate surface area is 301 Å². The zero-order valence-electron chi connectivity index (χ0n) is 28.5. The molecule has 246 valence electrons. The van der Waals surface area contributed by atoms with Crippen molar-refractivity contribution in [3.05, 3.63) is 198 Å². The molecule has 0 atom stereocenters. The number of para-hydroxylation sites is 3. The molecule has 4 nitrogen and oxygen atoms in total. The molecule has 0 bridgehead atoms. The Morgan fingerprint density at radius 2 is 1.33 bits per heavy atom. The number of nitrogens with zero attached hydrogens (tertiary/aromatic N) is 2. The van der Waals surface area contributed by atoms with Crippen LogP contribution in [0.5, 0.6) is 11.5 Å². The van der Waals surface area contributed by atoms with Crippen LogP contribution in [0, 0.1) is 0 Å². The number of furan rings is 1. The Morgan fingerprint density at radius 3 is 2.08 bits per heavy atom. The minimum absolute atomic E-state index is 0.655. The SMILES string of the molecule is C=C/C=C\C(=C/C)c1nc(-c2ccccc2)cc(-c2ccc3c(c2)C2(c4ccccc4Oc4ccccc42)c2ccc4oc5ccccc5c4c2-3)n1. The van der Waals surface area contributed by atoms with Crippen LogP contribution < -0.4 is 4.74 Å². The Kier molecular flexibility index (Phi) is 6.74. The average Bonchev–Trinajstić information content (AvgIpc) is 3.72. The molecule has 1 spiro atoms. The summed E-state index contributed by atoms with van der Waals surface area (Å²) in [7, 11) is 0. The molecule has 2 aliphatic rings. The second kappa shape index (κ2) is 11.6. The lowest BCUT2D eigenvalue weighted by molar-refractivity contribution is 0.436. The number of fused-ring (bicyclic) bond motifs is 13. The van der Waals surface area contributed by atoms with Crippen LogP contribution >= 0.6 is 0 Å². The zero-order valence-corrected chi connectivity index (χ0v) is 28.5. The van der Waals surface area contributed by atoms with Gasteiger partial charge in [-0.1, -0.05) is 134 Å². The first kappa shape index (κ1) is 30.1. The average molecular weight is 669 g/mol. The first-order valence-corrected chi connectivity index (χ1v) is 17.6. The van der Waals surface area contributed by atoms with Crippen LogP contribution in [0.4, 0.5) is 0 Å². The second-order valence-corrected chi connectivity index (χ2v) is 13.2. The number of rotatable bonds is 5. The molecule has 52 heavy (non-hydrogen) atoms. The van der Waals surface area contributed by atoms with Crippen molar-refractivity contribution in [2.45, 2.75) is 12.3 Å². The lowest BCUT2D eigenvalue weighted by atomic mass is 9.66. The lowest BCUT2D eigenvalue weighted by Gasteiger charge is -2.39. The summed E-state index contributed by atoms with van der Waals surface area (Å²) in [6.07, 6.45) is 7.74. The van der Waals surface area contributed by atoms with Crippen LogP contribution in [0.3, 0.4) is 0 Å². The van der Waals surface area contributed by atoms with Crippen LogP contribution in [0.2, 0.25) is 0 Å². The molecule has 1 aliphatic carbocycles. The normalized spacial score (nSPS) is 13.9. The number of hydrogen-bond donors (Lipinski definition) is 0. The standard InChI is InChI=1S/C48H32N2O2/c1-3-5-15-30(4-2)47-49-39(31-16-7-6-8-17-31)29-40(50-47)32-24-25-33-38(28-32)48(35-19-10-13-22-42(35)52-43-23-14-11-20-36(43)48)37-26-27-44-46(45(33)37)34-18-9-12-21-41(34)51-44/h3-29H,1H2,2H3/b15-5-,30-4+. The maximum absolute atomic E-state index is 6.64. The Hall–Kier alpha value is -6.78. The van der Waals surface area contributed by atoms with E-state index in [4.69, 9.17) is 19.1 Å². The van der Waals surface area contributed by atoms with Gasteiger partial charge in [0.2, 0.25) is 0 Å². The number of benzene rings is 6. The Bertz CT molecular complexity index is 2760. The molecule has 0 N–H and O–H groups in total. The van der Waals surface area contributed by atoms with Crippen LogP contribution in [0.25, 0.3) is 61.2 Å². The summed E-state index contributed by atoms with van der Waals surface area (Å²) in [4.78, 5) is 10.3. The highest BCUT2D eigenvalue weighted by Gasteiger charge is 2.52. The summed E-state index contributed by atoms with van der Waals surface area (Å²) >= 11 is 0. The number of aromatic nitrogens is 2. The van der Waals surface area contributed by atoms with Crippen LogP contribution in [0.1, 0.15) is 35.0 Å². The molecule has 0 radical (unpaired) electrons. The minimum atomic E-state index is -0.655. The lowest BCUT2D eigenvalue weighted by Crippen LogP contribution is -2.32. The van der Waals surface area contributed by atoms with Gasteiger partial charge in [0, 0.05) is 38.6 Å². The highest BCUT2D eigenvalue weighted by Crippen LogP contribution is 2.64. The first-order chi connectivity index (χ1) is 25.7. The van der Waals surface area contributed by atoms with Gasteiger partial charge in [0.05, 0.1) is 16.8 Å². The summed E-state index contributed by atoms with van der Waals surface area (Å²) in [5.74, 6) is 2.36. The van der Waals surface area contributed by atoms with Crippen molar-refractivity contribution < 1.29 is 9.15 Å². The zero-order chi connectivity index (χ0) is 34.8. The first-order valence-electron chi connectivity index (χ1n) is 17.6. The van der Waals surface area contributed by atoms with Crippen molar-refractivity contribution in [1.29, 1.82) is 0 Å². The van der Waals surface area contributed by atoms with Gasteiger partial charge in [-0.25, -0.2) is 9.97 Å². The topological polar surface area (TPSA) is 48.2 Å². The van der Waals surface area contributed by atoms with Gasteiger partial charge in [-0.2, -0.15) is 0 Å². The molecule has 0 fully saturated rings. The third-order valence-electron chi connectivity index (χ3n) is 10.5. The van der Waals surface area contributed by atoms with E-state index in [1.165, 1.54) is 22.3 Å². The molecule has 3 heterocycles. The molecule has 0 saturated heterocycles.